The number of carbonyl (C=O) groups excluding carboxylic acids is 1. The minimum absolute atomic E-state index is 0.0422. The molecule has 2 heterocycles. The van der Waals surface area contributed by atoms with E-state index in [2.05, 4.69) is 4.99 Å². The molecule has 1 fully saturated rings. The summed E-state index contributed by atoms with van der Waals surface area (Å²) in [6, 6.07) is 15.7. The molecule has 0 aliphatic carbocycles. The number of sulfonamides is 1. The SMILES string of the molecule is C[C@@H]1CSC(N(C(=O)C2CCN(S(=O)(=O)c3ccccc3)CC2)c2ccc(Cl)cc2)=N1. The van der Waals surface area contributed by atoms with Crippen molar-refractivity contribution < 1.29 is 13.2 Å². The van der Waals surface area contributed by atoms with E-state index in [1.54, 1.807) is 59.1 Å². The molecule has 1 saturated heterocycles. The summed E-state index contributed by atoms with van der Waals surface area (Å²) in [5.74, 6) is 0.525. The standard InChI is InChI=1S/C22H24ClN3O3S2/c1-16-15-30-22(24-16)26(19-9-7-18(23)8-10-19)21(27)17-11-13-25(14-12-17)31(28,29)20-5-3-2-4-6-20/h2-10,16-17H,11-15H2,1H3/t16-/m1/s1. The second kappa shape index (κ2) is 9.32. The molecule has 1 amide bonds. The molecule has 1 atom stereocenters. The predicted molar refractivity (Wildman–Crippen MR) is 126 cm³/mol. The number of thioether (sulfide) groups is 1. The number of aliphatic imine (C=N–C) groups is 1. The first-order chi connectivity index (χ1) is 14.9. The lowest BCUT2D eigenvalue weighted by molar-refractivity contribution is -0.122. The van der Waals surface area contributed by atoms with Gasteiger partial charge in [0, 0.05) is 29.8 Å². The van der Waals surface area contributed by atoms with Crippen LogP contribution in [0.2, 0.25) is 5.02 Å². The van der Waals surface area contributed by atoms with Crippen molar-refractivity contribution in [2.75, 3.05) is 23.7 Å². The van der Waals surface area contributed by atoms with Gasteiger partial charge in [0.15, 0.2) is 5.17 Å². The summed E-state index contributed by atoms with van der Waals surface area (Å²) in [6.07, 6.45) is 0.949. The molecule has 0 N–H and O–H groups in total. The third kappa shape index (κ3) is 4.82. The number of amidine groups is 1. The molecule has 2 aromatic carbocycles. The molecule has 9 heteroatoms. The second-order valence-corrected chi connectivity index (χ2v) is 11.1. The fourth-order valence-electron chi connectivity index (χ4n) is 3.77. The van der Waals surface area contributed by atoms with Gasteiger partial charge in [0.2, 0.25) is 15.9 Å². The van der Waals surface area contributed by atoms with Crippen LogP contribution in [0.3, 0.4) is 0 Å². The number of hydrogen-bond donors (Lipinski definition) is 0. The molecule has 2 aliphatic heterocycles. The third-order valence-electron chi connectivity index (χ3n) is 5.47. The maximum absolute atomic E-state index is 13.5. The Balaban J connectivity index is 1.51. The van der Waals surface area contributed by atoms with E-state index in [9.17, 15) is 13.2 Å². The molecular weight excluding hydrogens is 454 g/mol. The second-order valence-electron chi connectivity index (χ2n) is 7.71. The number of anilines is 1. The van der Waals surface area contributed by atoms with Gasteiger partial charge in [-0.05, 0) is 56.2 Å². The molecule has 6 nitrogen and oxygen atoms in total. The number of carbonyl (C=O) groups is 1. The maximum Gasteiger partial charge on any atom is 0.243 e. The van der Waals surface area contributed by atoms with Crippen LogP contribution < -0.4 is 4.90 Å². The molecule has 31 heavy (non-hydrogen) atoms. The molecule has 2 aliphatic rings. The Labute approximate surface area is 192 Å². The van der Waals surface area contributed by atoms with Gasteiger partial charge in [-0.25, -0.2) is 8.42 Å². The van der Waals surface area contributed by atoms with Crippen molar-refractivity contribution in [3.05, 3.63) is 59.6 Å². The summed E-state index contributed by atoms with van der Waals surface area (Å²) >= 11 is 7.60. The van der Waals surface area contributed by atoms with Crippen molar-refractivity contribution in [1.82, 2.24) is 4.31 Å². The molecule has 0 saturated carbocycles. The number of halogens is 1. The Morgan fingerprint density at radius 2 is 1.74 bits per heavy atom. The number of rotatable bonds is 4. The summed E-state index contributed by atoms with van der Waals surface area (Å²) < 4.78 is 27.3. The molecule has 164 valence electrons. The van der Waals surface area contributed by atoms with Gasteiger partial charge in [-0.1, -0.05) is 41.6 Å². The maximum atomic E-state index is 13.5. The summed E-state index contributed by atoms with van der Waals surface area (Å²) in [5.41, 5.74) is 0.731. The quantitative estimate of drug-likeness (QED) is 0.659. The van der Waals surface area contributed by atoms with E-state index < -0.39 is 10.0 Å². The molecule has 2 aromatic rings. The zero-order valence-electron chi connectivity index (χ0n) is 17.1. The van der Waals surface area contributed by atoms with Crippen molar-refractivity contribution in [3.63, 3.8) is 0 Å². The summed E-state index contributed by atoms with van der Waals surface area (Å²) in [6.45, 7) is 2.66. The van der Waals surface area contributed by atoms with Crippen LogP contribution in [0.4, 0.5) is 5.69 Å². The van der Waals surface area contributed by atoms with E-state index in [4.69, 9.17) is 11.6 Å². The number of piperidine rings is 1. The van der Waals surface area contributed by atoms with Crippen molar-refractivity contribution in [3.8, 4) is 0 Å². The van der Waals surface area contributed by atoms with E-state index in [1.165, 1.54) is 4.31 Å². The van der Waals surface area contributed by atoms with Crippen molar-refractivity contribution in [2.45, 2.75) is 30.7 Å². The van der Waals surface area contributed by atoms with Crippen molar-refractivity contribution >= 4 is 50.1 Å². The highest BCUT2D eigenvalue weighted by atomic mass is 35.5. The summed E-state index contributed by atoms with van der Waals surface area (Å²) in [7, 11) is -3.55. The molecular formula is C22H24ClN3O3S2. The van der Waals surface area contributed by atoms with Crippen molar-refractivity contribution in [1.29, 1.82) is 0 Å². The first-order valence-corrected chi connectivity index (χ1v) is 13.0. The van der Waals surface area contributed by atoms with Gasteiger partial charge in [0.05, 0.1) is 16.6 Å². The minimum Gasteiger partial charge on any atom is -0.274 e. The average Bonchev–Trinajstić information content (AvgIpc) is 3.21. The molecule has 0 bridgehead atoms. The largest absolute Gasteiger partial charge is 0.274 e. The van der Waals surface area contributed by atoms with Crippen LogP contribution >= 0.6 is 23.4 Å². The van der Waals surface area contributed by atoms with Gasteiger partial charge >= 0.3 is 0 Å². The lowest BCUT2D eigenvalue weighted by Gasteiger charge is -2.33. The smallest absolute Gasteiger partial charge is 0.243 e. The zero-order valence-corrected chi connectivity index (χ0v) is 19.5. The highest BCUT2D eigenvalue weighted by molar-refractivity contribution is 8.14. The number of amides is 1. The van der Waals surface area contributed by atoms with Gasteiger partial charge < -0.3 is 0 Å². The van der Waals surface area contributed by atoms with E-state index in [1.807, 2.05) is 19.1 Å². The fraction of sp³-hybridized carbons (Fsp3) is 0.364. The van der Waals surface area contributed by atoms with E-state index in [0.29, 0.717) is 36.1 Å². The fourth-order valence-corrected chi connectivity index (χ4v) is 6.43. The van der Waals surface area contributed by atoms with E-state index in [-0.39, 0.29) is 22.8 Å². The van der Waals surface area contributed by atoms with Crippen LogP contribution in [0.1, 0.15) is 19.8 Å². The lowest BCUT2D eigenvalue weighted by Crippen LogP contribution is -2.45. The number of hydrogen-bond acceptors (Lipinski definition) is 5. The van der Waals surface area contributed by atoms with Crippen molar-refractivity contribution in [2.24, 2.45) is 10.9 Å². The molecule has 0 unspecified atom stereocenters. The molecule has 0 radical (unpaired) electrons. The Hall–Kier alpha value is -1.87. The van der Waals surface area contributed by atoms with E-state index in [0.717, 1.165) is 11.4 Å². The Morgan fingerprint density at radius 1 is 1.10 bits per heavy atom. The third-order valence-corrected chi connectivity index (χ3v) is 8.83. The van der Waals surface area contributed by atoms with Crippen LogP contribution in [-0.4, -0.2) is 48.7 Å². The number of benzene rings is 2. The summed E-state index contributed by atoms with van der Waals surface area (Å²) in [5, 5.41) is 1.30. The normalized spacial score (nSPS) is 20.5. The monoisotopic (exact) mass is 477 g/mol. The van der Waals surface area contributed by atoms with Crippen LogP contribution in [0, 0.1) is 5.92 Å². The van der Waals surface area contributed by atoms with Crippen LogP contribution in [-0.2, 0) is 14.8 Å². The molecule has 4 rings (SSSR count). The van der Waals surface area contributed by atoms with Gasteiger partial charge in [-0.2, -0.15) is 4.31 Å². The minimum atomic E-state index is -3.55. The van der Waals surface area contributed by atoms with Gasteiger partial charge in [0.1, 0.15) is 0 Å². The highest BCUT2D eigenvalue weighted by Gasteiger charge is 2.36. The van der Waals surface area contributed by atoms with Crippen LogP contribution in [0.5, 0.6) is 0 Å². The Morgan fingerprint density at radius 3 is 2.32 bits per heavy atom. The van der Waals surface area contributed by atoms with Crippen LogP contribution in [0.25, 0.3) is 0 Å². The van der Waals surface area contributed by atoms with E-state index >= 15 is 0 Å². The summed E-state index contributed by atoms with van der Waals surface area (Å²) in [4.78, 5) is 20.1. The first kappa shape index (κ1) is 22.3. The highest BCUT2D eigenvalue weighted by Crippen LogP contribution is 2.31. The average molecular weight is 478 g/mol. The lowest BCUT2D eigenvalue weighted by atomic mass is 9.96. The van der Waals surface area contributed by atoms with Gasteiger partial charge in [0.25, 0.3) is 0 Å². The molecule has 0 aromatic heterocycles. The number of nitrogens with zero attached hydrogens (tertiary/aromatic N) is 3. The van der Waals surface area contributed by atoms with Gasteiger partial charge in [-0.15, -0.1) is 0 Å². The van der Waals surface area contributed by atoms with Crippen LogP contribution in [0.15, 0.2) is 64.5 Å². The Kier molecular flexibility index (Phi) is 6.71. The topological polar surface area (TPSA) is 70.1 Å². The molecule has 0 spiro atoms. The zero-order chi connectivity index (χ0) is 22.0. The Bertz CT molecular complexity index is 1070. The first-order valence-electron chi connectivity index (χ1n) is 10.2. The van der Waals surface area contributed by atoms with Gasteiger partial charge in [-0.3, -0.25) is 14.7 Å². The predicted octanol–water partition coefficient (Wildman–Crippen LogP) is 4.27.